The van der Waals surface area contributed by atoms with E-state index in [9.17, 15) is 45.7 Å². The predicted octanol–water partition coefficient (Wildman–Crippen LogP) is 8.30. The largest absolute Gasteiger partial charge is 0.496 e. The molecule has 0 saturated carbocycles. The van der Waals surface area contributed by atoms with Crippen molar-refractivity contribution in [1.82, 2.24) is 4.90 Å². The molecule has 3 aromatic rings. The summed E-state index contributed by atoms with van der Waals surface area (Å²) in [4.78, 5) is 12.7. The first-order valence-corrected chi connectivity index (χ1v) is 14.4. The van der Waals surface area contributed by atoms with Crippen molar-refractivity contribution in [3.63, 3.8) is 0 Å². The maximum absolute atomic E-state index is 15.0. The smallest absolute Gasteiger partial charge is 0.416 e. The molecule has 46 heavy (non-hydrogen) atoms. The molecule has 0 spiro atoms. The van der Waals surface area contributed by atoms with Crippen LogP contribution in [-0.4, -0.2) is 47.2 Å². The number of halogens is 7. The monoisotopic (exact) mass is 653 g/mol. The number of alkyl halides is 6. The molecule has 1 heterocycles. The Morgan fingerprint density at radius 1 is 0.935 bits per heavy atom. The lowest BCUT2D eigenvalue weighted by molar-refractivity contribution is -0.149. The fraction of sp³-hybridized carbons (Fsp3) is 0.364. The van der Waals surface area contributed by atoms with E-state index in [0.29, 0.717) is 41.9 Å². The molecule has 2 N–H and O–H groups in total. The van der Waals surface area contributed by atoms with Gasteiger partial charge in [-0.1, -0.05) is 17.7 Å². The fourth-order valence-corrected chi connectivity index (χ4v) is 6.10. The number of carboxylic acid groups (broad SMARTS) is 1. The van der Waals surface area contributed by atoms with E-state index in [1.807, 2.05) is 0 Å². The van der Waals surface area contributed by atoms with E-state index in [1.165, 1.54) is 24.1 Å². The van der Waals surface area contributed by atoms with Gasteiger partial charge in [-0.05, 0) is 91.8 Å². The van der Waals surface area contributed by atoms with E-state index in [1.54, 1.807) is 25.1 Å². The van der Waals surface area contributed by atoms with E-state index in [2.05, 4.69) is 0 Å². The van der Waals surface area contributed by atoms with E-state index < -0.39 is 53.8 Å². The number of aliphatic hydroxyl groups is 1. The number of allylic oxidation sites excluding steroid dienone is 1. The third-order valence-corrected chi connectivity index (χ3v) is 8.46. The molecule has 2 aliphatic rings. The second-order valence-corrected chi connectivity index (χ2v) is 11.3. The maximum Gasteiger partial charge on any atom is 0.416 e. The van der Waals surface area contributed by atoms with Crippen molar-refractivity contribution in [2.24, 2.45) is 0 Å². The van der Waals surface area contributed by atoms with Gasteiger partial charge in [0.25, 0.3) is 0 Å². The van der Waals surface area contributed by atoms with Crippen LogP contribution in [-0.2, 0) is 17.1 Å². The first kappa shape index (κ1) is 33.4. The highest BCUT2D eigenvalue weighted by molar-refractivity contribution is 5.88. The second kappa shape index (κ2) is 12.7. The Morgan fingerprint density at radius 3 is 2.17 bits per heavy atom. The Kier molecular flexibility index (Phi) is 9.22. The molecule has 3 atom stereocenters. The molecule has 1 saturated heterocycles. The van der Waals surface area contributed by atoms with Gasteiger partial charge in [0, 0.05) is 23.7 Å². The first-order chi connectivity index (χ1) is 21.6. The topological polar surface area (TPSA) is 79.2 Å². The lowest BCUT2D eigenvalue weighted by Crippen LogP contribution is -2.37. The number of rotatable bonds is 7. The molecule has 6 nitrogen and oxygen atoms in total. The van der Waals surface area contributed by atoms with Gasteiger partial charge in [0.15, 0.2) is 0 Å². The summed E-state index contributed by atoms with van der Waals surface area (Å²) in [6, 6.07) is 9.07. The van der Waals surface area contributed by atoms with Gasteiger partial charge in [-0.3, -0.25) is 0 Å². The number of benzene rings is 3. The molecule has 0 amide bonds. The van der Waals surface area contributed by atoms with Crippen LogP contribution < -0.4 is 4.74 Å². The minimum absolute atomic E-state index is 0.0460. The molecule has 5 rings (SSSR count). The van der Waals surface area contributed by atoms with Crippen LogP contribution in [0.15, 0.2) is 60.2 Å². The van der Waals surface area contributed by atoms with E-state index in [4.69, 9.17) is 9.47 Å². The van der Waals surface area contributed by atoms with Gasteiger partial charge < -0.3 is 19.7 Å². The molecule has 0 aromatic heterocycles. The maximum atomic E-state index is 15.0. The van der Waals surface area contributed by atoms with Crippen LogP contribution in [0.4, 0.5) is 30.7 Å². The van der Waals surface area contributed by atoms with Crippen LogP contribution in [0.5, 0.6) is 5.75 Å². The molecule has 1 aliphatic heterocycles. The Hall–Kier alpha value is -3.94. The summed E-state index contributed by atoms with van der Waals surface area (Å²) in [6.07, 6.45) is -10.2. The number of aliphatic hydroxyl groups excluding tert-OH is 1. The zero-order valence-electron chi connectivity index (χ0n) is 24.7. The zero-order valence-corrected chi connectivity index (χ0v) is 24.7. The van der Waals surface area contributed by atoms with Crippen LogP contribution >= 0.6 is 0 Å². The Bertz CT molecular complexity index is 1630. The average Bonchev–Trinajstić information content (AvgIpc) is 3.28. The molecule has 1 fully saturated rings. The van der Waals surface area contributed by atoms with Crippen LogP contribution in [0.1, 0.15) is 71.3 Å². The summed E-state index contributed by atoms with van der Waals surface area (Å²) in [5, 5.41) is 20.0. The van der Waals surface area contributed by atoms with Gasteiger partial charge in [0.1, 0.15) is 17.7 Å². The zero-order chi connectivity index (χ0) is 33.6. The Labute approximate surface area is 259 Å². The van der Waals surface area contributed by atoms with Gasteiger partial charge in [-0.2, -0.15) is 26.3 Å². The lowest BCUT2D eigenvalue weighted by Gasteiger charge is -2.29. The summed E-state index contributed by atoms with van der Waals surface area (Å²) in [7, 11) is 1.47. The SMILES string of the molecule is COc1ccc(-c2ccc(C(=O)O)cc2F)cc1C1=C(CN2C(O)O[C@H](c3cc(C(F)(F)F)cc(C(F)(F)F)c3)[C@@H]2C)CCCC1. The van der Waals surface area contributed by atoms with E-state index in [-0.39, 0.29) is 29.3 Å². The van der Waals surface area contributed by atoms with Crippen LogP contribution in [0.3, 0.4) is 0 Å². The number of ether oxygens (including phenoxy) is 2. The first-order valence-electron chi connectivity index (χ1n) is 14.4. The lowest BCUT2D eigenvalue weighted by atomic mass is 9.85. The highest BCUT2D eigenvalue weighted by Crippen LogP contribution is 2.44. The van der Waals surface area contributed by atoms with E-state index >= 15 is 0 Å². The standard InChI is InChI=1S/C33H30F7NO5/c1-17-29(21-11-22(32(35,36)37)15-23(12-21)33(38,39)40)46-31(44)41(17)16-20-5-3-4-6-24(20)26-13-18(8-10-28(26)45-2)25-9-7-19(30(42)43)14-27(25)34/h7-15,17,29,31,44H,3-6,16H2,1-2H3,(H,42,43)/t17-,29-,31?/m0/s1. The highest BCUT2D eigenvalue weighted by atomic mass is 19.4. The summed E-state index contributed by atoms with van der Waals surface area (Å²) >= 11 is 0. The molecular weight excluding hydrogens is 623 g/mol. The van der Waals surface area contributed by atoms with Gasteiger partial charge in [-0.25, -0.2) is 14.1 Å². The minimum Gasteiger partial charge on any atom is -0.496 e. The number of carbonyl (C=O) groups is 1. The van der Waals surface area contributed by atoms with Crippen molar-refractivity contribution in [2.45, 2.75) is 63.5 Å². The number of hydrogen-bond donors (Lipinski definition) is 2. The second-order valence-electron chi connectivity index (χ2n) is 11.3. The van der Waals surface area contributed by atoms with Crippen molar-refractivity contribution in [3.05, 3.63) is 93.8 Å². The third-order valence-electron chi connectivity index (χ3n) is 8.46. The quantitative estimate of drug-likeness (QED) is 0.250. The van der Waals surface area contributed by atoms with Gasteiger partial charge >= 0.3 is 18.3 Å². The minimum atomic E-state index is -5.03. The van der Waals surface area contributed by atoms with Crippen LogP contribution in [0.25, 0.3) is 16.7 Å². The van der Waals surface area contributed by atoms with Crippen molar-refractivity contribution in [3.8, 4) is 16.9 Å². The van der Waals surface area contributed by atoms with Crippen molar-refractivity contribution < 1.29 is 55.2 Å². The third kappa shape index (κ3) is 6.76. The van der Waals surface area contributed by atoms with Gasteiger partial charge in [0.2, 0.25) is 6.41 Å². The molecular formula is C33H30F7NO5. The summed E-state index contributed by atoms with van der Waals surface area (Å²) in [5.41, 5.74) is -0.546. The van der Waals surface area contributed by atoms with Gasteiger partial charge in [-0.15, -0.1) is 0 Å². The number of methoxy groups -OCH3 is 1. The van der Waals surface area contributed by atoms with Crippen molar-refractivity contribution in [2.75, 3.05) is 13.7 Å². The molecule has 246 valence electrons. The number of aromatic carboxylic acids is 1. The average molecular weight is 654 g/mol. The number of nitrogens with zero attached hydrogens (tertiary/aromatic N) is 1. The Balaban J connectivity index is 1.50. The molecule has 1 aliphatic carbocycles. The Morgan fingerprint density at radius 2 is 1.59 bits per heavy atom. The molecule has 1 unspecified atom stereocenters. The summed E-state index contributed by atoms with van der Waals surface area (Å²) in [6.45, 7) is 1.65. The summed E-state index contributed by atoms with van der Waals surface area (Å²) in [5.74, 6) is -1.51. The number of hydrogen-bond acceptors (Lipinski definition) is 5. The fourth-order valence-electron chi connectivity index (χ4n) is 6.10. The van der Waals surface area contributed by atoms with Crippen molar-refractivity contribution >= 4 is 11.5 Å². The van der Waals surface area contributed by atoms with E-state index in [0.717, 1.165) is 30.1 Å². The van der Waals surface area contributed by atoms with Crippen LogP contribution in [0.2, 0.25) is 0 Å². The normalized spacial score (nSPS) is 21.1. The predicted molar refractivity (Wildman–Crippen MR) is 153 cm³/mol. The molecule has 13 heteroatoms. The highest BCUT2D eigenvalue weighted by Gasteiger charge is 2.43. The van der Waals surface area contributed by atoms with Crippen molar-refractivity contribution in [1.29, 1.82) is 0 Å². The molecule has 0 bridgehead atoms. The van der Waals surface area contributed by atoms with Crippen LogP contribution in [0, 0.1) is 5.82 Å². The summed E-state index contributed by atoms with van der Waals surface area (Å²) < 4.78 is 107. The molecule has 0 radical (unpaired) electrons. The number of carboxylic acids is 1. The van der Waals surface area contributed by atoms with Gasteiger partial charge in [0.05, 0.1) is 23.8 Å². The molecule has 3 aromatic carbocycles.